The summed E-state index contributed by atoms with van der Waals surface area (Å²) in [6.45, 7) is 12.6. The highest BCUT2D eigenvalue weighted by molar-refractivity contribution is 7.07. The van der Waals surface area contributed by atoms with Crippen LogP contribution in [-0.2, 0) is 16.8 Å². The highest BCUT2D eigenvalue weighted by Gasteiger charge is 2.20. The highest BCUT2D eigenvalue weighted by atomic mass is 32.1. The van der Waals surface area contributed by atoms with Crippen LogP contribution in [0.4, 0.5) is 0 Å². The number of carbonyl (C=O) groups is 1. The zero-order valence-corrected chi connectivity index (χ0v) is 16.7. The molecule has 0 saturated heterocycles. The maximum absolute atomic E-state index is 12.5. The van der Waals surface area contributed by atoms with Gasteiger partial charge in [-0.05, 0) is 29.4 Å². The minimum Gasteiger partial charge on any atom is -0.347 e. The molecular formula is C20H28N2O2S. The van der Waals surface area contributed by atoms with Crippen molar-refractivity contribution in [3.63, 3.8) is 0 Å². The molecule has 1 aromatic heterocycles. The number of benzene rings is 1. The Labute approximate surface area is 153 Å². The molecule has 2 rings (SSSR count). The van der Waals surface area contributed by atoms with E-state index < -0.39 is 0 Å². The Hall–Kier alpha value is -1.88. The van der Waals surface area contributed by atoms with E-state index in [0.29, 0.717) is 0 Å². The monoisotopic (exact) mass is 360 g/mol. The van der Waals surface area contributed by atoms with Gasteiger partial charge in [-0.3, -0.25) is 14.2 Å². The molecule has 1 N–H and O–H groups in total. The molecule has 1 aromatic carbocycles. The van der Waals surface area contributed by atoms with Gasteiger partial charge in [0.05, 0.1) is 6.04 Å². The second-order valence-corrected chi connectivity index (χ2v) is 8.71. The van der Waals surface area contributed by atoms with Gasteiger partial charge < -0.3 is 5.32 Å². The lowest BCUT2D eigenvalue weighted by Gasteiger charge is -2.25. The summed E-state index contributed by atoms with van der Waals surface area (Å²) in [6.07, 6.45) is 0. The first-order valence-electron chi connectivity index (χ1n) is 8.64. The zero-order valence-electron chi connectivity index (χ0n) is 15.9. The second kappa shape index (κ2) is 7.56. The van der Waals surface area contributed by atoms with Gasteiger partial charge in [-0.1, -0.05) is 70.2 Å². The summed E-state index contributed by atoms with van der Waals surface area (Å²) in [4.78, 5) is 24.2. The first-order chi connectivity index (χ1) is 11.6. The molecule has 1 heterocycles. The van der Waals surface area contributed by atoms with Crippen LogP contribution in [0.25, 0.3) is 0 Å². The number of amides is 1. The van der Waals surface area contributed by atoms with Crippen molar-refractivity contribution in [2.45, 2.75) is 59.5 Å². The topological polar surface area (TPSA) is 51.1 Å². The van der Waals surface area contributed by atoms with Gasteiger partial charge in [-0.15, -0.1) is 0 Å². The number of hydrogen-bond acceptors (Lipinski definition) is 3. The average Bonchev–Trinajstić information content (AvgIpc) is 2.83. The summed E-state index contributed by atoms with van der Waals surface area (Å²) in [7, 11) is 0. The predicted molar refractivity (Wildman–Crippen MR) is 104 cm³/mol. The molecular weight excluding hydrogens is 332 g/mol. The maximum atomic E-state index is 12.5. The number of nitrogens with zero attached hydrogens (tertiary/aromatic N) is 1. The lowest BCUT2D eigenvalue weighted by Crippen LogP contribution is -2.36. The third-order valence-electron chi connectivity index (χ3n) is 4.40. The van der Waals surface area contributed by atoms with Crippen LogP contribution in [0.1, 0.15) is 57.5 Å². The van der Waals surface area contributed by atoms with Crippen LogP contribution in [0.3, 0.4) is 0 Å². The Bertz CT molecular complexity index is 779. The molecule has 1 atom stereocenters. The van der Waals surface area contributed by atoms with Crippen molar-refractivity contribution in [3.05, 3.63) is 56.1 Å². The number of rotatable bonds is 5. The summed E-state index contributed by atoms with van der Waals surface area (Å²) < 4.78 is 1.51. The van der Waals surface area contributed by atoms with Crippen molar-refractivity contribution in [2.24, 2.45) is 5.92 Å². The van der Waals surface area contributed by atoms with Gasteiger partial charge in [0, 0.05) is 11.1 Å². The Morgan fingerprint density at radius 1 is 1.20 bits per heavy atom. The molecule has 0 spiro atoms. The molecule has 0 aliphatic carbocycles. The molecule has 1 amide bonds. The summed E-state index contributed by atoms with van der Waals surface area (Å²) in [5, 5.41) is 4.87. The molecule has 0 aliphatic heterocycles. The van der Waals surface area contributed by atoms with Crippen LogP contribution < -0.4 is 10.2 Å². The zero-order chi connectivity index (χ0) is 18.8. The number of nitrogens with one attached hydrogen (secondary N) is 1. The predicted octanol–water partition coefficient (Wildman–Crippen LogP) is 4.03. The van der Waals surface area contributed by atoms with E-state index in [1.165, 1.54) is 10.1 Å². The number of aryl methyl sites for hydroxylation is 1. The van der Waals surface area contributed by atoms with Gasteiger partial charge in [0.25, 0.3) is 0 Å². The van der Waals surface area contributed by atoms with E-state index in [1.807, 2.05) is 6.92 Å². The molecule has 0 bridgehead atoms. The van der Waals surface area contributed by atoms with E-state index in [4.69, 9.17) is 0 Å². The van der Waals surface area contributed by atoms with Gasteiger partial charge in [-0.2, -0.15) is 0 Å². The second-order valence-electron chi connectivity index (χ2n) is 7.89. The van der Waals surface area contributed by atoms with Crippen molar-refractivity contribution >= 4 is 17.2 Å². The number of thiazole rings is 1. The molecule has 25 heavy (non-hydrogen) atoms. The smallest absolute Gasteiger partial charge is 0.307 e. The Balaban J connectivity index is 2.16. The fourth-order valence-electron chi connectivity index (χ4n) is 2.78. The SMILES string of the molecule is Cc1csc(=O)n1CC(=O)N[C@H](c1ccc(C(C)(C)C)cc1)C(C)C. The van der Waals surface area contributed by atoms with Crippen LogP contribution in [0.15, 0.2) is 34.4 Å². The molecule has 0 aliphatic rings. The minimum absolute atomic E-state index is 0.0669. The molecule has 4 nitrogen and oxygen atoms in total. The van der Waals surface area contributed by atoms with Gasteiger partial charge >= 0.3 is 4.87 Å². The van der Waals surface area contributed by atoms with Crippen molar-refractivity contribution in [1.29, 1.82) is 0 Å². The van der Waals surface area contributed by atoms with Crippen molar-refractivity contribution in [1.82, 2.24) is 9.88 Å². The van der Waals surface area contributed by atoms with Gasteiger partial charge in [0.2, 0.25) is 5.91 Å². The van der Waals surface area contributed by atoms with Crippen LogP contribution in [0, 0.1) is 12.8 Å². The number of aromatic nitrogens is 1. The van der Waals surface area contributed by atoms with Crippen molar-refractivity contribution < 1.29 is 4.79 Å². The number of carbonyl (C=O) groups excluding carboxylic acids is 1. The first kappa shape index (κ1) is 19.4. The van der Waals surface area contributed by atoms with Gasteiger partial charge in [0.15, 0.2) is 0 Å². The molecule has 0 fully saturated rings. The quantitative estimate of drug-likeness (QED) is 0.875. The lowest BCUT2D eigenvalue weighted by atomic mass is 9.85. The van der Waals surface area contributed by atoms with Crippen LogP contribution >= 0.6 is 11.3 Å². The molecule has 0 saturated carbocycles. The van der Waals surface area contributed by atoms with Crippen molar-refractivity contribution in [3.8, 4) is 0 Å². The van der Waals surface area contributed by atoms with E-state index in [2.05, 4.69) is 64.2 Å². The third-order valence-corrected chi connectivity index (χ3v) is 5.28. The van der Waals surface area contributed by atoms with E-state index in [9.17, 15) is 9.59 Å². The molecule has 0 radical (unpaired) electrons. The molecule has 0 unspecified atom stereocenters. The fraction of sp³-hybridized carbons (Fsp3) is 0.500. The summed E-state index contributed by atoms with van der Waals surface area (Å²) in [5.74, 6) is 0.118. The maximum Gasteiger partial charge on any atom is 0.307 e. The minimum atomic E-state index is -0.137. The normalized spacial score (nSPS) is 13.1. The van der Waals surface area contributed by atoms with E-state index in [-0.39, 0.29) is 34.7 Å². The van der Waals surface area contributed by atoms with Crippen LogP contribution in [0.5, 0.6) is 0 Å². The van der Waals surface area contributed by atoms with E-state index >= 15 is 0 Å². The molecule has 2 aromatic rings. The highest BCUT2D eigenvalue weighted by Crippen LogP contribution is 2.26. The Morgan fingerprint density at radius 2 is 1.80 bits per heavy atom. The van der Waals surface area contributed by atoms with Crippen LogP contribution in [0.2, 0.25) is 0 Å². The fourth-order valence-corrected chi connectivity index (χ4v) is 3.52. The Kier molecular flexibility index (Phi) is 5.88. The Morgan fingerprint density at radius 3 is 2.24 bits per heavy atom. The molecule has 136 valence electrons. The third kappa shape index (κ3) is 4.82. The van der Waals surface area contributed by atoms with Crippen LogP contribution in [-0.4, -0.2) is 10.5 Å². The van der Waals surface area contributed by atoms with Crippen molar-refractivity contribution in [2.75, 3.05) is 0 Å². The van der Waals surface area contributed by atoms with E-state index in [0.717, 1.165) is 22.6 Å². The lowest BCUT2D eigenvalue weighted by molar-refractivity contribution is -0.122. The summed E-state index contributed by atoms with van der Waals surface area (Å²) in [6, 6.07) is 8.37. The summed E-state index contributed by atoms with van der Waals surface area (Å²) >= 11 is 1.13. The first-order valence-corrected chi connectivity index (χ1v) is 9.52. The van der Waals surface area contributed by atoms with Gasteiger partial charge in [-0.25, -0.2) is 0 Å². The molecule has 5 heteroatoms. The average molecular weight is 361 g/mol. The standard InChI is InChI=1S/C20H28N2O2S/c1-13(2)18(15-7-9-16(10-8-15)20(4,5)6)21-17(23)11-22-14(3)12-25-19(22)24/h7-10,12-13,18H,11H2,1-6H3,(H,21,23)/t18-/m0/s1. The summed E-state index contributed by atoms with van der Waals surface area (Å²) in [5.41, 5.74) is 3.28. The largest absolute Gasteiger partial charge is 0.347 e. The number of hydrogen-bond donors (Lipinski definition) is 1. The van der Waals surface area contributed by atoms with Gasteiger partial charge in [0.1, 0.15) is 6.54 Å². The van der Waals surface area contributed by atoms with E-state index in [1.54, 1.807) is 5.38 Å².